The highest BCUT2D eigenvalue weighted by molar-refractivity contribution is 5.96. The van der Waals surface area contributed by atoms with Crippen molar-refractivity contribution < 1.29 is 23.5 Å². The molecule has 1 aliphatic carbocycles. The number of rotatable bonds is 4. The molecule has 160 valence electrons. The summed E-state index contributed by atoms with van der Waals surface area (Å²) < 4.78 is 24.7. The van der Waals surface area contributed by atoms with E-state index in [-0.39, 0.29) is 29.7 Å². The van der Waals surface area contributed by atoms with Crippen LogP contribution in [0.15, 0.2) is 47.3 Å². The molecule has 0 spiro atoms. The molecule has 1 aromatic carbocycles. The standard InChI is InChI=1S/C24H28FNO4/c1-14-20(23(28)30-13-17-5-4-10-29-17)21(15-6-8-16(25)9-7-15)22-18(26-14)11-24(2,3)12-19(22)27/h6-9,11,17,21-22,26H,4-5,10,12-13H2,1-3H3. The lowest BCUT2D eigenvalue weighted by Crippen LogP contribution is -2.43. The average molecular weight is 413 g/mol. The Labute approximate surface area is 176 Å². The monoisotopic (exact) mass is 413 g/mol. The van der Waals surface area contributed by atoms with Gasteiger partial charge in [0.2, 0.25) is 0 Å². The molecule has 0 aromatic heterocycles. The van der Waals surface area contributed by atoms with E-state index in [2.05, 4.69) is 11.4 Å². The van der Waals surface area contributed by atoms with Crippen LogP contribution in [0.1, 0.15) is 51.5 Å². The van der Waals surface area contributed by atoms with E-state index in [0.29, 0.717) is 24.3 Å². The smallest absolute Gasteiger partial charge is 0.336 e. The molecule has 1 N–H and O–H groups in total. The summed E-state index contributed by atoms with van der Waals surface area (Å²) >= 11 is 0. The fourth-order valence-corrected chi connectivity index (χ4v) is 4.79. The van der Waals surface area contributed by atoms with Gasteiger partial charge in [0, 0.05) is 30.3 Å². The van der Waals surface area contributed by atoms with E-state index in [0.717, 1.165) is 24.1 Å². The van der Waals surface area contributed by atoms with Crippen LogP contribution in [-0.2, 0) is 19.1 Å². The zero-order valence-corrected chi connectivity index (χ0v) is 17.7. The predicted molar refractivity (Wildman–Crippen MR) is 110 cm³/mol. The number of ketones is 1. The number of benzene rings is 1. The molecule has 2 aliphatic heterocycles. The van der Waals surface area contributed by atoms with Gasteiger partial charge in [0.25, 0.3) is 0 Å². The minimum absolute atomic E-state index is 0.0660. The first kappa shape index (κ1) is 20.8. The van der Waals surface area contributed by atoms with Crippen LogP contribution in [0.5, 0.6) is 0 Å². The number of carbonyl (C=O) groups excluding carboxylic acids is 2. The predicted octanol–water partition coefficient (Wildman–Crippen LogP) is 4.01. The Hall–Kier alpha value is -2.47. The van der Waals surface area contributed by atoms with Gasteiger partial charge in [0.15, 0.2) is 0 Å². The summed E-state index contributed by atoms with van der Waals surface area (Å²) in [6.07, 6.45) is 4.21. The van der Waals surface area contributed by atoms with Crippen LogP contribution in [-0.4, -0.2) is 31.1 Å². The summed E-state index contributed by atoms with van der Waals surface area (Å²) in [5.41, 5.74) is 2.36. The summed E-state index contributed by atoms with van der Waals surface area (Å²) in [5.74, 6) is -1.78. The molecule has 30 heavy (non-hydrogen) atoms. The van der Waals surface area contributed by atoms with Crippen molar-refractivity contribution in [3.05, 3.63) is 58.7 Å². The van der Waals surface area contributed by atoms with E-state index in [1.807, 2.05) is 20.8 Å². The Morgan fingerprint density at radius 1 is 1.27 bits per heavy atom. The first-order chi connectivity index (χ1) is 14.2. The maximum absolute atomic E-state index is 13.6. The molecule has 3 aliphatic rings. The Morgan fingerprint density at radius 2 is 2.00 bits per heavy atom. The lowest BCUT2D eigenvalue weighted by Gasteiger charge is -2.41. The average Bonchev–Trinajstić information content (AvgIpc) is 3.18. The lowest BCUT2D eigenvalue weighted by atomic mass is 9.66. The summed E-state index contributed by atoms with van der Waals surface area (Å²) in [6, 6.07) is 6.03. The van der Waals surface area contributed by atoms with Crippen LogP contribution in [0, 0.1) is 17.2 Å². The molecule has 1 aromatic rings. The van der Waals surface area contributed by atoms with Crippen molar-refractivity contribution in [1.82, 2.24) is 5.32 Å². The van der Waals surface area contributed by atoms with Gasteiger partial charge >= 0.3 is 5.97 Å². The van der Waals surface area contributed by atoms with Crippen LogP contribution in [0.2, 0.25) is 0 Å². The van der Waals surface area contributed by atoms with Crippen molar-refractivity contribution in [2.24, 2.45) is 11.3 Å². The maximum atomic E-state index is 13.6. The van der Waals surface area contributed by atoms with E-state index in [1.165, 1.54) is 12.1 Å². The number of esters is 1. The van der Waals surface area contributed by atoms with Gasteiger partial charge in [-0.15, -0.1) is 0 Å². The van der Waals surface area contributed by atoms with Crippen molar-refractivity contribution in [2.45, 2.75) is 52.1 Å². The molecule has 1 fully saturated rings. The normalized spacial score (nSPS) is 27.9. The fourth-order valence-electron chi connectivity index (χ4n) is 4.79. The SMILES string of the molecule is CC1=C(C(=O)OCC2CCCO2)C(c2ccc(F)cc2)C2C(=O)CC(C)(C)C=C2N1. The van der Waals surface area contributed by atoms with E-state index >= 15 is 0 Å². The number of hydrogen-bond donors (Lipinski definition) is 1. The third-order valence-electron chi connectivity index (χ3n) is 6.11. The number of ether oxygens (including phenoxy) is 2. The number of allylic oxidation sites excluding steroid dienone is 3. The molecule has 0 bridgehead atoms. The Kier molecular flexibility index (Phi) is 5.53. The molecule has 2 heterocycles. The lowest BCUT2D eigenvalue weighted by molar-refractivity contribution is -0.143. The molecule has 0 radical (unpaired) electrons. The van der Waals surface area contributed by atoms with Gasteiger partial charge in [-0.25, -0.2) is 9.18 Å². The molecule has 5 nitrogen and oxygen atoms in total. The molecular formula is C24H28FNO4. The Bertz CT molecular complexity index is 910. The number of fused-ring (bicyclic) bond motifs is 1. The quantitative estimate of drug-likeness (QED) is 0.756. The van der Waals surface area contributed by atoms with Gasteiger partial charge in [0.1, 0.15) is 18.2 Å². The van der Waals surface area contributed by atoms with E-state index in [4.69, 9.17) is 9.47 Å². The number of hydrogen-bond acceptors (Lipinski definition) is 5. The second kappa shape index (κ2) is 7.99. The van der Waals surface area contributed by atoms with Gasteiger partial charge in [-0.2, -0.15) is 0 Å². The van der Waals surface area contributed by atoms with Gasteiger partial charge in [-0.1, -0.05) is 32.1 Å². The van der Waals surface area contributed by atoms with Crippen molar-refractivity contribution in [3.63, 3.8) is 0 Å². The molecule has 0 amide bonds. The number of Topliss-reactive ketones (excluding diaryl/α,β-unsaturated/α-hetero) is 1. The molecule has 6 heteroatoms. The third-order valence-corrected chi connectivity index (χ3v) is 6.11. The minimum Gasteiger partial charge on any atom is -0.460 e. The molecule has 3 atom stereocenters. The summed E-state index contributed by atoms with van der Waals surface area (Å²) in [5, 5.41) is 3.29. The van der Waals surface area contributed by atoms with E-state index < -0.39 is 17.8 Å². The van der Waals surface area contributed by atoms with Crippen molar-refractivity contribution >= 4 is 11.8 Å². The van der Waals surface area contributed by atoms with Crippen LogP contribution in [0.25, 0.3) is 0 Å². The summed E-state index contributed by atoms with van der Waals surface area (Å²) in [7, 11) is 0. The van der Waals surface area contributed by atoms with Crippen molar-refractivity contribution in [3.8, 4) is 0 Å². The highest BCUT2D eigenvalue weighted by Gasteiger charge is 2.46. The molecule has 4 rings (SSSR count). The van der Waals surface area contributed by atoms with Crippen LogP contribution < -0.4 is 5.32 Å². The van der Waals surface area contributed by atoms with Crippen LogP contribution in [0.4, 0.5) is 4.39 Å². The van der Waals surface area contributed by atoms with Crippen LogP contribution >= 0.6 is 0 Å². The van der Waals surface area contributed by atoms with Gasteiger partial charge in [0.05, 0.1) is 17.6 Å². The fraction of sp³-hybridized carbons (Fsp3) is 0.500. The van der Waals surface area contributed by atoms with E-state index in [1.54, 1.807) is 12.1 Å². The summed E-state index contributed by atoms with van der Waals surface area (Å²) in [4.78, 5) is 26.3. The maximum Gasteiger partial charge on any atom is 0.336 e. The van der Waals surface area contributed by atoms with E-state index in [9.17, 15) is 14.0 Å². The van der Waals surface area contributed by atoms with Gasteiger partial charge < -0.3 is 14.8 Å². The van der Waals surface area contributed by atoms with Gasteiger partial charge in [-0.3, -0.25) is 4.79 Å². The largest absolute Gasteiger partial charge is 0.460 e. The first-order valence-corrected chi connectivity index (χ1v) is 10.5. The van der Waals surface area contributed by atoms with Gasteiger partial charge in [-0.05, 0) is 42.9 Å². The van der Waals surface area contributed by atoms with Crippen molar-refractivity contribution in [2.75, 3.05) is 13.2 Å². The minimum atomic E-state index is -0.516. The first-order valence-electron chi connectivity index (χ1n) is 10.5. The number of halogens is 1. The summed E-state index contributed by atoms with van der Waals surface area (Å²) in [6.45, 7) is 6.74. The molecule has 1 saturated heterocycles. The zero-order chi connectivity index (χ0) is 21.5. The highest BCUT2D eigenvalue weighted by atomic mass is 19.1. The zero-order valence-electron chi connectivity index (χ0n) is 17.7. The molecular weight excluding hydrogens is 385 g/mol. The van der Waals surface area contributed by atoms with Crippen LogP contribution in [0.3, 0.4) is 0 Å². The number of nitrogens with one attached hydrogen (secondary N) is 1. The Balaban J connectivity index is 1.72. The van der Waals surface area contributed by atoms with Crippen molar-refractivity contribution in [1.29, 1.82) is 0 Å². The highest BCUT2D eigenvalue weighted by Crippen LogP contribution is 2.47. The second-order valence-corrected chi connectivity index (χ2v) is 9.14. The third kappa shape index (κ3) is 4.06. The molecule has 3 unspecified atom stereocenters. The Morgan fingerprint density at radius 3 is 2.67 bits per heavy atom. The number of carbonyl (C=O) groups is 2. The molecule has 0 saturated carbocycles. The second-order valence-electron chi connectivity index (χ2n) is 9.14. The topological polar surface area (TPSA) is 64.6 Å².